The molecule has 2 bridgehead atoms. The van der Waals surface area contributed by atoms with Crippen molar-refractivity contribution in [3.63, 3.8) is 0 Å². The molecule has 2 unspecified atom stereocenters. The van der Waals surface area contributed by atoms with E-state index in [-0.39, 0.29) is 0 Å². The second-order valence-electron chi connectivity index (χ2n) is 4.18. The Balaban J connectivity index is 1.99. The molecule has 0 heterocycles. The number of fused-ring (bicyclic) bond motifs is 5. The zero-order valence-corrected chi connectivity index (χ0v) is 6.49. The fraction of sp³-hybridized carbons (Fsp3) is 0.700. The molecule has 0 aliphatic heterocycles. The van der Waals surface area contributed by atoms with E-state index in [0.29, 0.717) is 11.7 Å². The molecular formula is C10H12O. The van der Waals surface area contributed by atoms with Gasteiger partial charge in [0.15, 0.2) is 0 Å². The first-order chi connectivity index (χ1) is 5.36. The molecule has 3 aliphatic rings. The average molecular weight is 148 g/mol. The van der Waals surface area contributed by atoms with Crippen molar-refractivity contribution in [1.29, 1.82) is 0 Å². The number of carbonyl (C=O) groups is 1. The summed E-state index contributed by atoms with van der Waals surface area (Å²) in [5.74, 6) is 3.26. The quantitative estimate of drug-likeness (QED) is 0.479. The maximum Gasteiger partial charge on any atom is 0.136 e. The average Bonchev–Trinajstić information content (AvgIpc) is 2.52. The smallest absolute Gasteiger partial charge is 0.136 e. The lowest BCUT2D eigenvalue weighted by Gasteiger charge is -2.22. The number of rotatable bonds is 0. The summed E-state index contributed by atoms with van der Waals surface area (Å²) < 4.78 is 0. The van der Waals surface area contributed by atoms with Crippen molar-refractivity contribution < 1.29 is 4.79 Å². The molecule has 1 heteroatoms. The fourth-order valence-corrected chi connectivity index (χ4v) is 3.29. The van der Waals surface area contributed by atoms with Crippen molar-refractivity contribution in [3.8, 4) is 0 Å². The molecule has 4 atom stereocenters. The molecule has 3 aliphatic carbocycles. The van der Waals surface area contributed by atoms with Crippen LogP contribution in [0.1, 0.15) is 19.3 Å². The SMILES string of the molecule is O=C1CC2CC1[C@H]1CC=C[C@@H]21. The number of hydrogen-bond acceptors (Lipinski definition) is 1. The van der Waals surface area contributed by atoms with E-state index in [1.807, 2.05) is 0 Å². The van der Waals surface area contributed by atoms with Gasteiger partial charge in [0.1, 0.15) is 5.78 Å². The lowest BCUT2D eigenvalue weighted by atomic mass is 9.81. The second kappa shape index (κ2) is 1.77. The fourth-order valence-electron chi connectivity index (χ4n) is 3.29. The van der Waals surface area contributed by atoms with Crippen LogP contribution in [0.25, 0.3) is 0 Å². The highest BCUT2D eigenvalue weighted by Gasteiger charge is 2.51. The van der Waals surface area contributed by atoms with E-state index in [4.69, 9.17) is 0 Å². The van der Waals surface area contributed by atoms with Crippen LogP contribution >= 0.6 is 0 Å². The van der Waals surface area contributed by atoms with E-state index >= 15 is 0 Å². The number of allylic oxidation sites excluding steroid dienone is 2. The van der Waals surface area contributed by atoms with Gasteiger partial charge in [-0.05, 0) is 30.6 Å². The number of carbonyl (C=O) groups excluding carboxylic acids is 1. The molecular weight excluding hydrogens is 136 g/mol. The Morgan fingerprint density at radius 1 is 1.45 bits per heavy atom. The van der Waals surface area contributed by atoms with Gasteiger partial charge in [-0.2, -0.15) is 0 Å². The van der Waals surface area contributed by atoms with E-state index in [1.54, 1.807) is 0 Å². The first kappa shape index (κ1) is 5.99. The highest BCUT2D eigenvalue weighted by Crippen LogP contribution is 2.54. The lowest BCUT2D eigenvalue weighted by Crippen LogP contribution is -2.24. The van der Waals surface area contributed by atoms with Crippen LogP contribution in [0, 0.1) is 23.7 Å². The van der Waals surface area contributed by atoms with Crippen LogP contribution in [0.4, 0.5) is 0 Å². The number of hydrogen-bond donors (Lipinski definition) is 0. The minimum atomic E-state index is 0.458. The third kappa shape index (κ3) is 0.597. The first-order valence-electron chi connectivity index (χ1n) is 4.55. The van der Waals surface area contributed by atoms with Crippen molar-refractivity contribution in [2.75, 3.05) is 0 Å². The van der Waals surface area contributed by atoms with Gasteiger partial charge in [0, 0.05) is 12.3 Å². The van der Waals surface area contributed by atoms with Gasteiger partial charge in [0.05, 0.1) is 0 Å². The van der Waals surface area contributed by atoms with Gasteiger partial charge in [-0.1, -0.05) is 12.2 Å². The van der Waals surface area contributed by atoms with E-state index in [9.17, 15) is 4.79 Å². The van der Waals surface area contributed by atoms with Gasteiger partial charge in [-0.3, -0.25) is 4.79 Å². The van der Waals surface area contributed by atoms with E-state index < -0.39 is 0 Å². The van der Waals surface area contributed by atoms with Crippen molar-refractivity contribution >= 4 is 5.78 Å². The number of Topliss-reactive ketones (excluding diaryl/α,β-unsaturated/α-hetero) is 1. The molecule has 0 spiro atoms. The third-order valence-corrected chi connectivity index (χ3v) is 3.76. The molecule has 11 heavy (non-hydrogen) atoms. The standard InChI is InChI=1S/C10H12O/c11-10-5-6-4-9(10)8-3-1-2-7(6)8/h1-2,6-9H,3-5H2/t6?,7-,8-,9?/m0/s1. The Labute approximate surface area is 66.5 Å². The summed E-state index contributed by atoms with van der Waals surface area (Å²) in [5.41, 5.74) is 0. The second-order valence-corrected chi connectivity index (χ2v) is 4.18. The normalized spacial score (nSPS) is 52.2. The number of ketones is 1. The third-order valence-electron chi connectivity index (χ3n) is 3.76. The predicted molar refractivity (Wildman–Crippen MR) is 42.0 cm³/mol. The molecule has 0 saturated heterocycles. The highest BCUT2D eigenvalue weighted by atomic mass is 16.1. The van der Waals surface area contributed by atoms with Crippen molar-refractivity contribution in [1.82, 2.24) is 0 Å². The van der Waals surface area contributed by atoms with Crippen LogP contribution < -0.4 is 0 Å². The van der Waals surface area contributed by atoms with Gasteiger partial charge in [-0.25, -0.2) is 0 Å². The largest absolute Gasteiger partial charge is 0.299 e. The van der Waals surface area contributed by atoms with Crippen molar-refractivity contribution in [2.24, 2.45) is 23.7 Å². The van der Waals surface area contributed by atoms with Gasteiger partial charge >= 0.3 is 0 Å². The predicted octanol–water partition coefficient (Wildman–Crippen LogP) is 1.79. The van der Waals surface area contributed by atoms with Crippen LogP contribution in [0.5, 0.6) is 0 Å². The Kier molecular flexibility index (Phi) is 0.961. The van der Waals surface area contributed by atoms with E-state index in [1.165, 1.54) is 12.8 Å². The van der Waals surface area contributed by atoms with Gasteiger partial charge in [0.25, 0.3) is 0 Å². The summed E-state index contributed by atoms with van der Waals surface area (Å²) in [4.78, 5) is 11.4. The van der Waals surface area contributed by atoms with Gasteiger partial charge in [-0.15, -0.1) is 0 Å². The minimum Gasteiger partial charge on any atom is -0.299 e. The molecule has 0 aromatic carbocycles. The molecule has 0 radical (unpaired) electrons. The summed E-state index contributed by atoms with van der Waals surface area (Å²) in [5, 5.41) is 0. The molecule has 0 aromatic heterocycles. The maximum atomic E-state index is 11.4. The van der Waals surface area contributed by atoms with E-state index in [0.717, 1.165) is 24.2 Å². The minimum absolute atomic E-state index is 0.458. The maximum absolute atomic E-state index is 11.4. The summed E-state index contributed by atoms with van der Waals surface area (Å²) in [6.07, 6.45) is 7.89. The monoisotopic (exact) mass is 148 g/mol. The zero-order valence-electron chi connectivity index (χ0n) is 6.49. The topological polar surface area (TPSA) is 17.1 Å². The van der Waals surface area contributed by atoms with Crippen LogP contribution in [-0.4, -0.2) is 5.78 Å². The van der Waals surface area contributed by atoms with Crippen molar-refractivity contribution in [2.45, 2.75) is 19.3 Å². The van der Waals surface area contributed by atoms with Crippen LogP contribution in [0.2, 0.25) is 0 Å². The summed E-state index contributed by atoms with van der Waals surface area (Å²) in [6, 6.07) is 0. The Bertz CT molecular complexity index is 241. The Hall–Kier alpha value is -0.590. The van der Waals surface area contributed by atoms with Gasteiger partial charge in [0.2, 0.25) is 0 Å². The van der Waals surface area contributed by atoms with E-state index in [2.05, 4.69) is 12.2 Å². The summed E-state index contributed by atoms with van der Waals surface area (Å²) in [6.45, 7) is 0. The van der Waals surface area contributed by atoms with Crippen LogP contribution in [0.3, 0.4) is 0 Å². The molecule has 0 N–H and O–H groups in total. The first-order valence-corrected chi connectivity index (χ1v) is 4.55. The summed E-state index contributed by atoms with van der Waals surface area (Å²) in [7, 11) is 0. The molecule has 0 aromatic rings. The molecule has 2 saturated carbocycles. The molecule has 3 rings (SSSR count). The lowest BCUT2D eigenvalue weighted by molar-refractivity contribution is -0.123. The molecule has 58 valence electrons. The molecule has 1 nitrogen and oxygen atoms in total. The van der Waals surface area contributed by atoms with Gasteiger partial charge < -0.3 is 0 Å². The molecule has 2 fully saturated rings. The zero-order chi connectivity index (χ0) is 7.42. The van der Waals surface area contributed by atoms with Crippen molar-refractivity contribution in [3.05, 3.63) is 12.2 Å². The van der Waals surface area contributed by atoms with Crippen LogP contribution in [-0.2, 0) is 4.79 Å². The summed E-state index contributed by atoms with van der Waals surface area (Å²) >= 11 is 0. The Morgan fingerprint density at radius 2 is 2.36 bits per heavy atom. The Morgan fingerprint density at radius 3 is 3.27 bits per heavy atom. The van der Waals surface area contributed by atoms with Crippen LogP contribution in [0.15, 0.2) is 12.2 Å². The highest BCUT2D eigenvalue weighted by molar-refractivity contribution is 5.85. The molecule has 0 amide bonds.